The minimum atomic E-state index is -3.86. The van der Waals surface area contributed by atoms with Crippen LogP contribution in [-0.2, 0) is 10.0 Å². The molecule has 0 spiro atoms. The Morgan fingerprint density at radius 2 is 1.61 bits per heavy atom. The smallest absolute Gasteiger partial charge is 0.262 e. The number of amides is 1. The third kappa shape index (κ3) is 5.14. The van der Waals surface area contributed by atoms with Crippen LogP contribution in [0.2, 0.25) is 0 Å². The van der Waals surface area contributed by atoms with Gasteiger partial charge in [0.15, 0.2) is 0 Å². The number of carbonyl (C=O) groups excluding carboxylic acids is 1. The normalized spacial score (nSPS) is 12.3. The van der Waals surface area contributed by atoms with Crippen LogP contribution >= 0.6 is 0 Å². The van der Waals surface area contributed by atoms with E-state index in [1.165, 1.54) is 6.07 Å². The number of rotatable bonds is 7. The van der Waals surface area contributed by atoms with Crippen LogP contribution in [-0.4, -0.2) is 14.3 Å². The van der Waals surface area contributed by atoms with Crippen LogP contribution in [0.1, 0.15) is 52.0 Å². The summed E-state index contributed by atoms with van der Waals surface area (Å²) < 4.78 is 28.9. The molecule has 0 bridgehead atoms. The number of hydrogen-bond acceptors (Lipinski definition) is 3. The van der Waals surface area contributed by atoms with Crippen molar-refractivity contribution in [3.63, 3.8) is 0 Å². The summed E-state index contributed by atoms with van der Waals surface area (Å²) in [7, 11) is -3.86. The third-order valence-corrected chi connectivity index (χ3v) is 7.01. The van der Waals surface area contributed by atoms with E-state index in [1.807, 2.05) is 63.2 Å². The van der Waals surface area contributed by atoms with Gasteiger partial charge < -0.3 is 5.32 Å². The van der Waals surface area contributed by atoms with Gasteiger partial charge in [-0.2, -0.15) is 0 Å². The Bertz CT molecular complexity index is 1190. The molecule has 0 radical (unpaired) electrons. The van der Waals surface area contributed by atoms with E-state index in [4.69, 9.17) is 0 Å². The SMILES string of the molecule is CC[C@@H](NC(=O)c1ccc(C)c(S(=O)(=O)Nc2cccc(C)c2C)c1)c1ccccc1. The Morgan fingerprint density at radius 1 is 0.903 bits per heavy atom. The molecular weight excluding hydrogens is 408 g/mol. The first-order chi connectivity index (χ1) is 14.7. The highest BCUT2D eigenvalue weighted by atomic mass is 32.2. The second-order valence-electron chi connectivity index (χ2n) is 7.68. The highest BCUT2D eigenvalue weighted by molar-refractivity contribution is 7.92. The van der Waals surface area contributed by atoms with Crippen molar-refractivity contribution >= 4 is 21.6 Å². The number of aryl methyl sites for hydroxylation is 2. The lowest BCUT2D eigenvalue weighted by atomic mass is 10.0. The molecule has 5 nitrogen and oxygen atoms in total. The summed E-state index contributed by atoms with van der Waals surface area (Å²) in [6.45, 7) is 7.52. The molecule has 0 unspecified atom stereocenters. The van der Waals surface area contributed by atoms with Gasteiger partial charge in [-0.1, -0.05) is 55.5 Å². The van der Waals surface area contributed by atoms with Crippen molar-refractivity contribution in [3.8, 4) is 0 Å². The first-order valence-electron chi connectivity index (χ1n) is 10.3. The molecule has 6 heteroatoms. The summed E-state index contributed by atoms with van der Waals surface area (Å²) in [6.07, 6.45) is 0.723. The van der Waals surface area contributed by atoms with E-state index < -0.39 is 10.0 Å². The van der Waals surface area contributed by atoms with Crippen molar-refractivity contribution in [2.24, 2.45) is 0 Å². The molecule has 3 rings (SSSR count). The summed E-state index contributed by atoms with van der Waals surface area (Å²) in [5.74, 6) is -0.307. The van der Waals surface area contributed by atoms with Crippen molar-refractivity contribution in [3.05, 3.63) is 94.5 Å². The molecule has 3 aromatic rings. The van der Waals surface area contributed by atoms with Crippen molar-refractivity contribution in [2.75, 3.05) is 4.72 Å². The lowest BCUT2D eigenvalue weighted by molar-refractivity contribution is 0.0935. The van der Waals surface area contributed by atoms with Crippen LogP contribution in [0.5, 0.6) is 0 Å². The minimum Gasteiger partial charge on any atom is -0.345 e. The summed E-state index contributed by atoms with van der Waals surface area (Å²) >= 11 is 0. The fraction of sp³-hybridized carbons (Fsp3) is 0.240. The standard InChI is InChI=1S/C25H28N2O3S/c1-5-22(20-11-7-6-8-12-20)26-25(28)21-15-14-18(3)24(16-21)31(29,30)27-23-13-9-10-17(2)19(23)4/h6-16,22,27H,5H2,1-4H3,(H,26,28)/t22-/m1/s1. The molecule has 2 N–H and O–H groups in total. The molecule has 0 aromatic heterocycles. The van der Waals surface area contributed by atoms with Crippen LogP contribution < -0.4 is 10.0 Å². The number of anilines is 1. The molecular formula is C25H28N2O3S. The van der Waals surface area contributed by atoms with Gasteiger partial charge in [0.1, 0.15) is 0 Å². The van der Waals surface area contributed by atoms with Gasteiger partial charge in [0, 0.05) is 5.56 Å². The third-order valence-electron chi connectivity index (χ3n) is 5.50. The summed E-state index contributed by atoms with van der Waals surface area (Å²) in [4.78, 5) is 13.0. The molecule has 0 aliphatic heterocycles. The Balaban J connectivity index is 1.88. The van der Waals surface area contributed by atoms with Gasteiger partial charge in [-0.3, -0.25) is 9.52 Å². The predicted molar refractivity (Wildman–Crippen MR) is 125 cm³/mol. The average Bonchev–Trinajstić information content (AvgIpc) is 2.75. The molecule has 0 saturated carbocycles. The molecule has 3 aromatic carbocycles. The van der Waals surface area contributed by atoms with Gasteiger partial charge in [-0.15, -0.1) is 0 Å². The first kappa shape index (κ1) is 22.6. The van der Waals surface area contributed by atoms with E-state index in [9.17, 15) is 13.2 Å². The molecule has 0 saturated heterocycles. The monoisotopic (exact) mass is 436 g/mol. The van der Waals surface area contributed by atoms with E-state index in [0.717, 1.165) is 23.1 Å². The van der Waals surface area contributed by atoms with Crippen molar-refractivity contribution in [2.45, 2.75) is 45.1 Å². The van der Waals surface area contributed by atoms with Crippen LogP contribution in [0.4, 0.5) is 5.69 Å². The maximum absolute atomic E-state index is 13.1. The van der Waals surface area contributed by atoms with Gasteiger partial charge in [0.25, 0.3) is 15.9 Å². The number of benzene rings is 3. The molecule has 0 fully saturated rings. The number of carbonyl (C=O) groups is 1. The predicted octanol–water partition coefficient (Wildman–Crippen LogP) is 5.29. The Labute approximate surface area is 184 Å². The highest BCUT2D eigenvalue weighted by Crippen LogP contribution is 2.25. The number of hydrogen-bond donors (Lipinski definition) is 2. The number of nitrogens with one attached hydrogen (secondary N) is 2. The van der Waals surface area contributed by atoms with E-state index in [-0.39, 0.29) is 16.8 Å². The minimum absolute atomic E-state index is 0.0915. The Hall–Kier alpha value is -3.12. The summed E-state index contributed by atoms with van der Waals surface area (Å²) in [6, 6.07) is 19.8. The van der Waals surface area contributed by atoms with E-state index >= 15 is 0 Å². The summed E-state index contributed by atoms with van der Waals surface area (Å²) in [5.41, 5.74) is 4.29. The maximum Gasteiger partial charge on any atom is 0.262 e. The largest absolute Gasteiger partial charge is 0.345 e. The fourth-order valence-corrected chi connectivity index (χ4v) is 4.83. The van der Waals surface area contributed by atoms with Crippen LogP contribution in [0.3, 0.4) is 0 Å². The van der Waals surface area contributed by atoms with Crippen molar-refractivity contribution in [1.82, 2.24) is 5.32 Å². The van der Waals surface area contributed by atoms with Crippen LogP contribution in [0, 0.1) is 20.8 Å². The maximum atomic E-state index is 13.1. The lowest BCUT2D eigenvalue weighted by Crippen LogP contribution is -2.28. The average molecular weight is 437 g/mol. The zero-order chi connectivity index (χ0) is 22.6. The van der Waals surface area contributed by atoms with Gasteiger partial charge in [0.05, 0.1) is 16.6 Å². The highest BCUT2D eigenvalue weighted by Gasteiger charge is 2.21. The molecule has 31 heavy (non-hydrogen) atoms. The van der Waals surface area contributed by atoms with Crippen LogP contribution in [0.15, 0.2) is 71.6 Å². The van der Waals surface area contributed by atoms with Gasteiger partial charge in [-0.05, 0) is 67.6 Å². The first-order valence-corrected chi connectivity index (χ1v) is 11.8. The van der Waals surface area contributed by atoms with Gasteiger partial charge >= 0.3 is 0 Å². The molecule has 0 heterocycles. The zero-order valence-electron chi connectivity index (χ0n) is 18.3. The Kier molecular flexibility index (Phi) is 6.81. The van der Waals surface area contributed by atoms with E-state index in [2.05, 4.69) is 10.0 Å². The second kappa shape index (κ2) is 9.35. The lowest BCUT2D eigenvalue weighted by Gasteiger charge is -2.18. The van der Waals surface area contributed by atoms with Crippen LogP contribution in [0.25, 0.3) is 0 Å². The molecule has 0 aliphatic rings. The fourth-order valence-electron chi connectivity index (χ4n) is 3.44. The van der Waals surface area contributed by atoms with Crippen molar-refractivity contribution in [1.29, 1.82) is 0 Å². The zero-order valence-corrected chi connectivity index (χ0v) is 19.1. The number of sulfonamides is 1. The molecule has 1 atom stereocenters. The van der Waals surface area contributed by atoms with E-state index in [0.29, 0.717) is 16.8 Å². The second-order valence-corrected chi connectivity index (χ2v) is 9.33. The molecule has 1 amide bonds. The summed E-state index contributed by atoms with van der Waals surface area (Å²) in [5, 5.41) is 3.01. The van der Waals surface area contributed by atoms with E-state index in [1.54, 1.807) is 25.1 Å². The molecule has 0 aliphatic carbocycles. The van der Waals surface area contributed by atoms with Gasteiger partial charge in [-0.25, -0.2) is 8.42 Å². The Morgan fingerprint density at radius 3 is 2.29 bits per heavy atom. The van der Waals surface area contributed by atoms with Gasteiger partial charge in [0.2, 0.25) is 0 Å². The van der Waals surface area contributed by atoms with Crippen molar-refractivity contribution < 1.29 is 13.2 Å². The quantitative estimate of drug-likeness (QED) is 0.528. The molecule has 162 valence electrons. The topological polar surface area (TPSA) is 75.3 Å².